The number of nitrogens with zero attached hydrogens (tertiary/aromatic N) is 1. The van der Waals surface area contributed by atoms with E-state index in [1.54, 1.807) is 6.07 Å². The van der Waals surface area contributed by atoms with Crippen LogP contribution in [0.5, 0.6) is 0 Å². The Morgan fingerprint density at radius 3 is 2.48 bits per heavy atom. The van der Waals surface area contributed by atoms with E-state index in [0.29, 0.717) is 30.5 Å². The number of nitrogens with two attached hydrogens (primary N) is 1. The highest BCUT2D eigenvalue weighted by molar-refractivity contribution is 6.03. The highest BCUT2D eigenvalue weighted by Crippen LogP contribution is 2.56. The first-order chi connectivity index (χ1) is 15.6. The van der Waals surface area contributed by atoms with Crippen molar-refractivity contribution in [2.24, 2.45) is 17.6 Å². The van der Waals surface area contributed by atoms with Crippen LogP contribution in [0, 0.1) is 30.4 Å². The Bertz CT molecular complexity index is 1250. The van der Waals surface area contributed by atoms with Gasteiger partial charge in [0.1, 0.15) is 17.3 Å². The number of carbonyl (C=O) groups excluding carboxylic acids is 1. The molecule has 0 saturated heterocycles. The zero-order chi connectivity index (χ0) is 23.9. The summed E-state index contributed by atoms with van der Waals surface area (Å²) in [6, 6.07) is 6.81. The molecule has 9 heteroatoms. The minimum Gasteiger partial charge on any atom is -0.364 e. The van der Waals surface area contributed by atoms with Gasteiger partial charge in [0.05, 0.1) is 10.9 Å². The van der Waals surface area contributed by atoms with Crippen LogP contribution in [0.2, 0.25) is 0 Å². The third-order valence-electron chi connectivity index (χ3n) is 6.72. The van der Waals surface area contributed by atoms with Crippen LogP contribution < -0.4 is 11.2 Å². The van der Waals surface area contributed by atoms with E-state index in [-0.39, 0.29) is 40.3 Å². The Kier molecular flexibility index (Phi) is 5.99. The molecule has 3 atom stereocenters. The molecular weight excluding hydrogens is 438 g/mol. The number of nitrogens with one attached hydrogen (secondary N) is 1. The standard InChI is InChI=1S/C17H17F2N3O2.C7H6F2/c18-17(19)3-1-8-5-9(6-10(8)17)12-7-13(23)14-11(22-12)2-4-21-15(14)16(20)24;1-5-6(8)3-2-4-7(5)9/h2,4,7-10H,1,3,5-6H2,(H2,20,24)(H,22,23);2-4H,1H3. The number of H-pyrrole nitrogens is 1. The summed E-state index contributed by atoms with van der Waals surface area (Å²) in [5.74, 6) is -5.02. The van der Waals surface area contributed by atoms with Crippen molar-refractivity contribution in [1.82, 2.24) is 9.97 Å². The Labute approximate surface area is 187 Å². The van der Waals surface area contributed by atoms with Crippen molar-refractivity contribution < 1.29 is 22.4 Å². The number of aromatic amines is 1. The highest BCUT2D eigenvalue weighted by Gasteiger charge is 2.54. The summed E-state index contributed by atoms with van der Waals surface area (Å²) in [6.45, 7) is 1.41. The topological polar surface area (TPSA) is 88.8 Å². The number of hydrogen-bond donors (Lipinski definition) is 2. The van der Waals surface area contributed by atoms with Crippen molar-refractivity contribution in [2.45, 2.75) is 44.4 Å². The number of aromatic nitrogens is 2. The maximum Gasteiger partial charge on any atom is 0.268 e. The lowest BCUT2D eigenvalue weighted by Crippen LogP contribution is -2.22. The average molecular weight is 461 g/mol. The number of amides is 1. The molecule has 2 aromatic heterocycles. The van der Waals surface area contributed by atoms with E-state index < -0.39 is 29.4 Å². The van der Waals surface area contributed by atoms with Gasteiger partial charge in [-0.15, -0.1) is 0 Å². The average Bonchev–Trinajstić information content (AvgIpc) is 3.32. The van der Waals surface area contributed by atoms with Crippen molar-refractivity contribution in [3.05, 3.63) is 75.3 Å². The number of halogens is 4. The summed E-state index contributed by atoms with van der Waals surface area (Å²) in [5, 5.41) is 0.150. The van der Waals surface area contributed by atoms with Crippen LogP contribution in [-0.2, 0) is 0 Å². The van der Waals surface area contributed by atoms with Crippen molar-refractivity contribution in [3.63, 3.8) is 0 Å². The van der Waals surface area contributed by atoms with Crippen molar-refractivity contribution in [2.75, 3.05) is 0 Å². The fraction of sp³-hybridized carbons (Fsp3) is 0.375. The van der Waals surface area contributed by atoms with Crippen LogP contribution in [0.3, 0.4) is 0 Å². The van der Waals surface area contributed by atoms with Gasteiger partial charge in [-0.2, -0.15) is 0 Å². The fourth-order valence-corrected chi connectivity index (χ4v) is 4.99. The molecule has 3 aromatic rings. The molecule has 2 aliphatic rings. The van der Waals surface area contributed by atoms with E-state index >= 15 is 0 Å². The summed E-state index contributed by atoms with van der Waals surface area (Å²) in [4.78, 5) is 30.9. The van der Waals surface area contributed by atoms with Crippen LogP contribution in [0.15, 0.2) is 41.3 Å². The van der Waals surface area contributed by atoms with Crippen molar-refractivity contribution in [3.8, 4) is 0 Å². The maximum absolute atomic E-state index is 13.9. The normalized spacial score (nSPS) is 23.1. The molecule has 1 amide bonds. The molecule has 0 radical (unpaired) electrons. The lowest BCUT2D eigenvalue weighted by atomic mass is 9.97. The van der Waals surface area contributed by atoms with Gasteiger partial charge in [-0.3, -0.25) is 14.6 Å². The largest absolute Gasteiger partial charge is 0.364 e. The number of hydrogen-bond acceptors (Lipinski definition) is 3. The first-order valence-electron chi connectivity index (χ1n) is 10.7. The third kappa shape index (κ3) is 4.36. The minimum absolute atomic E-state index is 0.0165. The number of rotatable bonds is 2. The van der Waals surface area contributed by atoms with Gasteiger partial charge < -0.3 is 10.7 Å². The Morgan fingerprint density at radius 1 is 1.18 bits per heavy atom. The third-order valence-corrected chi connectivity index (χ3v) is 6.72. The smallest absolute Gasteiger partial charge is 0.268 e. The second kappa shape index (κ2) is 8.61. The van der Waals surface area contributed by atoms with E-state index in [2.05, 4.69) is 9.97 Å². The first kappa shape index (κ1) is 22.9. The molecule has 0 spiro atoms. The zero-order valence-corrected chi connectivity index (χ0v) is 17.9. The number of benzene rings is 1. The number of pyridine rings is 2. The number of fused-ring (bicyclic) bond motifs is 2. The quantitative estimate of drug-likeness (QED) is 0.536. The van der Waals surface area contributed by atoms with Crippen molar-refractivity contribution >= 4 is 16.8 Å². The van der Waals surface area contributed by atoms with Gasteiger partial charge >= 0.3 is 0 Å². The molecule has 2 aliphatic carbocycles. The molecule has 2 saturated carbocycles. The Morgan fingerprint density at radius 2 is 1.88 bits per heavy atom. The van der Waals surface area contributed by atoms with Gasteiger partial charge in [0.15, 0.2) is 5.43 Å². The molecule has 2 fully saturated rings. The highest BCUT2D eigenvalue weighted by atomic mass is 19.3. The molecule has 0 aliphatic heterocycles. The summed E-state index contributed by atoms with van der Waals surface area (Å²) in [7, 11) is 0. The zero-order valence-electron chi connectivity index (χ0n) is 17.9. The van der Waals surface area contributed by atoms with Gasteiger partial charge in [0.25, 0.3) is 11.8 Å². The minimum atomic E-state index is -2.60. The van der Waals surface area contributed by atoms with Crippen LogP contribution in [0.25, 0.3) is 10.9 Å². The monoisotopic (exact) mass is 461 g/mol. The van der Waals surface area contributed by atoms with Gasteiger partial charge in [-0.05, 0) is 56.2 Å². The van der Waals surface area contributed by atoms with Gasteiger partial charge in [0.2, 0.25) is 0 Å². The van der Waals surface area contributed by atoms with E-state index in [4.69, 9.17) is 5.73 Å². The molecule has 5 nitrogen and oxygen atoms in total. The number of carbonyl (C=O) groups is 1. The predicted molar refractivity (Wildman–Crippen MR) is 115 cm³/mol. The SMILES string of the molecule is Cc1c(F)cccc1F.NC(=O)c1nccc2[nH]c(C3CC4CCC(F)(F)C4C3)cc(=O)c12. The van der Waals surface area contributed by atoms with E-state index in [9.17, 15) is 27.2 Å². The number of alkyl halides is 2. The summed E-state index contributed by atoms with van der Waals surface area (Å²) >= 11 is 0. The van der Waals surface area contributed by atoms with Gasteiger partial charge in [0, 0.05) is 35.9 Å². The Hall–Kier alpha value is -3.23. The lowest BCUT2D eigenvalue weighted by Gasteiger charge is -2.18. The van der Waals surface area contributed by atoms with Crippen LogP contribution in [-0.4, -0.2) is 21.8 Å². The lowest BCUT2D eigenvalue weighted by molar-refractivity contribution is -0.0412. The molecule has 33 heavy (non-hydrogen) atoms. The second-order valence-corrected chi connectivity index (χ2v) is 8.72. The van der Waals surface area contributed by atoms with E-state index in [0.717, 1.165) is 0 Å². The Balaban J connectivity index is 0.000000243. The fourth-order valence-electron chi connectivity index (χ4n) is 4.99. The molecule has 1 aromatic carbocycles. The van der Waals surface area contributed by atoms with Crippen LogP contribution in [0.4, 0.5) is 17.6 Å². The molecule has 3 unspecified atom stereocenters. The molecular formula is C24H23F4N3O2. The van der Waals surface area contributed by atoms with Gasteiger partial charge in [-0.25, -0.2) is 17.6 Å². The molecule has 3 N–H and O–H groups in total. The molecule has 2 heterocycles. The second-order valence-electron chi connectivity index (χ2n) is 8.72. The van der Waals surface area contributed by atoms with E-state index in [1.807, 2.05) is 0 Å². The van der Waals surface area contributed by atoms with E-state index in [1.165, 1.54) is 37.4 Å². The van der Waals surface area contributed by atoms with Crippen molar-refractivity contribution in [1.29, 1.82) is 0 Å². The summed E-state index contributed by atoms with van der Waals surface area (Å²) in [6.07, 6.45) is 2.96. The summed E-state index contributed by atoms with van der Waals surface area (Å²) < 4.78 is 52.5. The molecule has 5 rings (SSSR count). The van der Waals surface area contributed by atoms with Gasteiger partial charge in [-0.1, -0.05) is 6.07 Å². The number of primary amides is 1. The van der Waals surface area contributed by atoms with Crippen LogP contribution in [0.1, 0.15) is 53.3 Å². The first-order valence-corrected chi connectivity index (χ1v) is 10.7. The summed E-state index contributed by atoms with van der Waals surface area (Å²) in [5.41, 5.74) is 6.03. The maximum atomic E-state index is 13.9. The predicted octanol–water partition coefficient (Wildman–Crippen LogP) is 4.83. The molecule has 174 valence electrons. The molecule has 0 bridgehead atoms. The van der Waals surface area contributed by atoms with Crippen LogP contribution >= 0.6 is 0 Å².